The second kappa shape index (κ2) is 7.07. The van der Waals surface area contributed by atoms with Crippen LogP contribution in [0.5, 0.6) is 5.75 Å². The Balaban J connectivity index is 2.00. The van der Waals surface area contributed by atoms with Crippen LogP contribution in [0, 0.1) is 0 Å². The summed E-state index contributed by atoms with van der Waals surface area (Å²) in [5, 5.41) is 0. The summed E-state index contributed by atoms with van der Waals surface area (Å²) in [6, 6.07) is 8.30. The van der Waals surface area contributed by atoms with Crippen LogP contribution in [0.3, 0.4) is 0 Å². The van der Waals surface area contributed by atoms with Crippen molar-refractivity contribution in [2.75, 3.05) is 13.7 Å². The lowest BCUT2D eigenvalue weighted by atomic mass is 9.75. The lowest BCUT2D eigenvalue weighted by Crippen LogP contribution is -2.44. The summed E-state index contributed by atoms with van der Waals surface area (Å²) in [4.78, 5) is 0. The van der Waals surface area contributed by atoms with Gasteiger partial charge in [-0.15, -0.1) is 0 Å². The molecule has 1 aliphatic carbocycles. The van der Waals surface area contributed by atoms with E-state index in [0.29, 0.717) is 0 Å². The molecule has 0 spiro atoms. The Hall–Kier alpha value is -1.10. The maximum Gasteiger partial charge on any atom is 0.119 e. The van der Waals surface area contributed by atoms with Gasteiger partial charge in [0.05, 0.1) is 12.2 Å². The van der Waals surface area contributed by atoms with Crippen LogP contribution in [0.4, 0.5) is 0 Å². The van der Waals surface area contributed by atoms with E-state index in [1.54, 1.807) is 7.11 Å². The van der Waals surface area contributed by atoms with Crippen LogP contribution in [0.25, 0.3) is 0 Å². The van der Waals surface area contributed by atoms with Crippen molar-refractivity contribution in [3.8, 4) is 5.75 Å². The molecular formula is C16H26N2O2. The van der Waals surface area contributed by atoms with Crippen molar-refractivity contribution in [3.63, 3.8) is 0 Å². The first-order valence-electron chi connectivity index (χ1n) is 7.47. The molecule has 1 fully saturated rings. The fourth-order valence-electron chi connectivity index (χ4n) is 2.72. The predicted molar refractivity (Wildman–Crippen MR) is 80.5 cm³/mol. The molecule has 1 atom stereocenters. The number of benzene rings is 1. The normalized spacial score (nSPS) is 18.4. The molecule has 1 unspecified atom stereocenters. The van der Waals surface area contributed by atoms with E-state index in [2.05, 4.69) is 24.5 Å². The van der Waals surface area contributed by atoms with Crippen LogP contribution in [-0.2, 0) is 4.74 Å². The quantitative estimate of drug-likeness (QED) is 0.567. The lowest BCUT2D eigenvalue weighted by Gasteiger charge is -2.42. The Morgan fingerprint density at radius 1 is 1.30 bits per heavy atom. The molecule has 2 rings (SSSR count). The van der Waals surface area contributed by atoms with Crippen LogP contribution in [-0.4, -0.2) is 19.3 Å². The van der Waals surface area contributed by atoms with Crippen molar-refractivity contribution < 1.29 is 9.47 Å². The summed E-state index contributed by atoms with van der Waals surface area (Å²) in [5.74, 6) is 6.64. The molecule has 20 heavy (non-hydrogen) atoms. The minimum absolute atomic E-state index is 0.00835. The number of rotatable bonds is 8. The molecule has 0 aromatic heterocycles. The second-order valence-electron chi connectivity index (χ2n) is 5.58. The largest absolute Gasteiger partial charge is 0.494 e. The number of nitrogens with one attached hydrogen (secondary N) is 1. The van der Waals surface area contributed by atoms with Crippen molar-refractivity contribution >= 4 is 0 Å². The minimum Gasteiger partial charge on any atom is -0.494 e. The first-order valence-corrected chi connectivity index (χ1v) is 7.47. The third kappa shape index (κ3) is 3.51. The van der Waals surface area contributed by atoms with Gasteiger partial charge in [-0.1, -0.05) is 19.1 Å². The average molecular weight is 278 g/mol. The van der Waals surface area contributed by atoms with Gasteiger partial charge in [0.25, 0.3) is 0 Å². The second-order valence-corrected chi connectivity index (χ2v) is 5.58. The average Bonchev–Trinajstić information content (AvgIpc) is 2.46. The van der Waals surface area contributed by atoms with Crippen molar-refractivity contribution in [1.82, 2.24) is 5.43 Å². The summed E-state index contributed by atoms with van der Waals surface area (Å²) in [7, 11) is 1.80. The van der Waals surface area contributed by atoms with Crippen LogP contribution < -0.4 is 16.0 Å². The molecule has 3 N–H and O–H groups in total. The Bertz CT molecular complexity index is 396. The number of hydrogen-bond acceptors (Lipinski definition) is 4. The van der Waals surface area contributed by atoms with Gasteiger partial charge in [0, 0.05) is 13.2 Å². The zero-order chi connectivity index (χ0) is 14.4. The van der Waals surface area contributed by atoms with Crippen molar-refractivity contribution in [2.24, 2.45) is 5.84 Å². The zero-order valence-electron chi connectivity index (χ0n) is 12.5. The molecule has 0 bridgehead atoms. The van der Waals surface area contributed by atoms with Crippen LogP contribution in [0.1, 0.15) is 50.6 Å². The maximum atomic E-state index is 5.73. The Labute approximate surface area is 121 Å². The highest BCUT2D eigenvalue weighted by atomic mass is 16.5. The van der Waals surface area contributed by atoms with E-state index in [4.69, 9.17) is 15.3 Å². The van der Waals surface area contributed by atoms with Crippen LogP contribution in [0.2, 0.25) is 0 Å². The first kappa shape index (κ1) is 15.3. The van der Waals surface area contributed by atoms with E-state index in [1.165, 1.54) is 12.0 Å². The molecular weight excluding hydrogens is 252 g/mol. The molecule has 4 heteroatoms. The molecule has 1 saturated carbocycles. The van der Waals surface area contributed by atoms with E-state index >= 15 is 0 Å². The Kier molecular flexibility index (Phi) is 5.40. The third-order valence-corrected chi connectivity index (χ3v) is 4.23. The molecule has 4 nitrogen and oxygen atoms in total. The van der Waals surface area contributed by atoms with E-state index in [9.17, 15) is 0 Å². The molecule has 0 aliphatic heterocycles. The fourth-order valence-corrected chi connectivity index (χ4v) is 2.72. The van der Waals surface area contributed by atoms with Gasteiger partial charge in [-0.25, -0.2) is 0 Å². The Morgan fingerprint density at radius 2 is 2.00 bits per heavy atom. The summed E-state index contributed by atoms with van der Waals surface area (Å²) >= 11 is 0. The maximum absolute atomic E-state index is 5.73. The Morgan fingerprint density at radius 3 is 2.45 bits per heavy atom. The van der Waals surface area contributed by atoms with Gasteiger partial charge >= 0.3 is 0 Å². The topological polar surface area (TPSA) is 56.5 Å². The van der Waals surface area contributed by atoms with E-state index in [0.717, 1.165) is 38.0 Å². The summed E-state index contributed by atoms with van der Waals surface area (Å²) in [6.45, 7) is 2.86. The van der Waals surface area contributed by atoms with Gasteiger partial charge < -0.3 is 9.47 Å². The highest BCUT2D eigenvalue weighted by molar-refractivity contribution is 5.29. The number of hydrogen-bond donors (Lipinski definition) is 2. The zero-order valence-corrected chi connectivity index (χ0v) is 12.5. The monoisotopic (exact) mass is 278 g/mol. The van der Waals surface area contributed by atoms with Crippen molar-refractivity contribution in [1.29, 1.82) is 0 Å². The van der Waals surface area contributed by atoms with Crippen LogP contribution in [0.15, 0.2) is 24.3 Å². The minimum atomic E-state index is 0.00835. The van der Waals surface area contributed by atoms with E-state index < -0.39 is 0 Å². The number of ether oxygens (including phenoxy) is 2. The summed E-state index contributed by atoms with van der Waals surface area (Å²) in [6.07, 6.45) is 5.42. The first-order chi connectivity index (χ1) is 9.73. The standard InChI is InChI=1S/C16H26N2O2/c1-3-11-20-14-7-5-13(6-8-14)15(18-17)12-16(19-2)9-4-10-16/h5-8,15,18H,3-4,9-12,17H2,1-2H3. The molecule has 1 aromatic rings. The van der Waals surface area contributed by atoms with Gasteiger partial charge in [-0.05, 0) is 49.8 Å². The lowest BCUT2D eigenvalue weighted by molar-refractivity contribution is -0.0838. The summed E-state index contributed by atoms with van der Waals surface area (Å²) < 4.78 is 11.3. The molecule has 0 heterocycles. The van der Waals surface area contributed by atoms with E-state index in [1.807, 2.05) is 12.1 Å². The number of nitrogens with two attached hydrogens (primary N) is 1. The third-order valence-electron chi connectivity index (χ3n) is 4.23. The number of hydrazine groups is 1. The smallest absolute Gasteiger partial charge is 0.119 e. The van der Waals surface area contributed by atoms with Gasteiger partial charge in [0.15, 0.2) is 0 Å². The summed E-state index contributed by atoms with van der Waals surface area (Å²) in [5.41, 5.74) is 4.11. The predicted octanol–water partition coefficient (Wildman–Crippen LogP) is 2.94. The molecule has 0 amide bonds. The molecule has 0 saturated heterocycles. The van der Waals surface area contributed by atoms with Crippen molar-refractivity contribution in [2.45, 2.75) is 50.7 Å². The SMILES string of the molecule is CCCOc1ccc(C(CC2(OC)CCC2)NN)cc1. The number of methoxy groups -OCH3 is 1. The van der Waals surface area contributed by atoms with Gasteiger partial charge in [0.1, 0.15) is 5.75 Å². The molecule has 0 radical (unpaired) electrons. The highest BCUT2D eigenvalue weighted by Crippen LogP contribution is 2.41. The van der Waals surface area contributed by atoms with Gasteiger partial charge in [0.2, 0.25) is 0 Å². The van der Waals surface area contributed by atoms with Crippen LogP contribution >= 0.6 is 0 Å². The van der Waals surface area contributed by atoms with E-state index in [-0.39, 0.29) is 11.6 Å². The van der Waals surface area contributed by atoms with Crippen molar-refractivity contribution in [3.05, 3.63) is 29.8 Å². The molecule has 1 aliphatic rings. The molecule has 112 valence electrons. The molecule has 1 aromatic carbocycles. The van der Waals surface area contributed by atoms with Gasteiger partial charge in [-0.3, -0.25) is 11.3 Å². The van der Waals surface area contributed by atoms with Gasteiger partial charge in [-0.2, -0.15) is 0 Å². The fraction of sp³-hybridized carbons (Fsp3) is 0.625. The highest BCUT2D eigenvalue weighted by Gasteiger charge is 2.39.